The largest absolute Gasteiger partial charge is 0.481 e. The van der Waals surface area contributed by atoms with Gasteiger partial charge in [0.15, 0.2) is 5.13 Å². The van der Waals surface area contributed by atoms with E-state index in [-0.39, 0.29) is 12.0 Å². The highest BCUT2D eigenvalue weighted by molar-refractivity contribution is 9.10. The van der Waals surface area contributed by atoms with Crippen LogP contribution in [0.5, 0.6) is 0 Å². The predicted octanol–water partition coefficient (Wildman–Crippen LogP) is 2.71. The quantitative estimate of drug-likeness (QED) is 0.895. The maximum absolute atomic E-state index is 10.7. The highest BCUT2D eigenvalue weighted by Gasteiger charge is 2.39. The van der Waals surface area contributed by atoms with Crippen molar-refractivity contribution in [3.05, 3.63) is 9.98 Å². The molecular formula is C9H11BrN2O2S. The molecule has 0 saturated heterocycles. The van der Waals surface area contributed by atoms with Gasteiger partial charge in [0.05, 0.1) is 6.42 Å². The van der Waals surface area contributed by atoms with Gasteiger partial charge in [-0.25, -0.2) is 4.98 Å². The Morgan fingerprint density at radius 2 is 2.47 bits per heavy atom. The summed E-state index contributed by atoms with van der Waals surface area (Å²) in [5.74, 6) is -0.752. The summed E-state index contributed by atoms with van der Waals surface area (Å²) in [6.07, 6.45) is 3.09. The Labute approximate surface area is 99.8 Å². The third-order valence-electron chi connectivity index (χ3n) is 2.65. The molecule has 1 aliphatic carbocycles. The van der Waals surface area contributed by atoms with E-state index in [1.54, 1.807) is 0 Å². The molecule has 1 saturated carbocycles. The molecule has 82 valence electrons. The Morgan fingerprint density at radius 1 is 1.73 bits per heavy atom. The summed E-state index contributed by atoms with van der Waals surface area (Å²) in [5.41, 5.74) is -0.261. The molecule has 0 unspecified atom stereocenters. The Morgan fingerprint density at radius 3 is 2.87 bits per heavy atom. The van der Waals surface area contributed by atoms with Gasteiger partial charge < -0.3 is 10.4 Å². The first-order valence-electron chi connectivity index (χ1n) is 4.71. The molecule has 0 atom stereocenters. The molecule has 0 aromatic carbocycles. The lowest BCUT2D eigenvalue weighted by Gasteiger charge is -2.41. The fourth-order valence-electron chi connectivity index (χ4n) is 1.78. The molecule has 6 heteroatoms. The smallest absolute Gasteiger partial charge is 0.305 e. The number of anilines is 1. The number of aliphatic carboxylic acids is 1. The van der Waals surface area contributed by atoms with Gasteiger partial charge >= 0.3 is 5.97 Å². The van der Waals surface area contributed by atoms with Gasteiger partial charge in [0.25, 0.3) is 0 Å². The second-order valence-electron chi connectivity index (χ2n) is 3.80. The van der Waals surface area contributed by atoms with Crippen LogP contribution in [0.25, 0.3) is 0 Å². The molecule has 2 rings (SSSR count). The fraction of sp³-hybridized carbons (Fsp3) is 0.556. The summed E-state index contributed by atoms with van der Waals surface area (Å²) in [6, 6.07) is 0. The van der Waals surface area contributed by atoms with Crippen molar-refractivity contribution >= 4 is 38.4 Å². The van der Waals surface area contributed by atoms with Crippen LogP contribution in [0.2, 0.25) is 0 Å². The molecule has 4 nitrogen and oxygen atoms in total. The zero-order chi connectivity index (χ0) is 10.9. The molecule has 1 aromatic heterocycles. The third-order valence-corrected chi connectivity index (χ3v) is 4.12. The molecule has 0 amide bonds. The monoisotopic (exact) mass is 290 g/mol. The Kier molecular flexibility index (Phi) is 2.97. The standard InChI is InChI=1S/C9H11BrN2O2S/c10-6-5-15-8(11-6)12-9(2-1-3-9)4-7(13)14/h5H,1-4H2,(H,11,12)(H,13,14). The molecule has 1 heterocycles. The first-order chi connectivity index (χ1) is 7.10. The first-order valence-corrected chi connectivity index (χ1v) is 6.38. The van der Waals surface area contributed by atoms with Crippen LogP contribution in [0, 0.1) is 0 Å². The number of halogens is 1. The van der Waals surface area contributed by atoms with Crippen LogP contribution in [0.4, 0.5) is 5.13 Å². The number of nitrogens with one attached hydrogen (secondary N) is 1. The number of aromatic nitrogens is 1. The van der Waals surface area contributed by atoms with Crippen LogP contribution >= 0.6 is 27.3 Å². The Balaban J connectivity index is 2.04. The summed E-state index contributed by atoms with van der Waals surface area (Å²) < 4.78 is 0.791. The lowest BCUT2D eigenvalue weighted by atomic mass is 9.74. The second-order valence-corrected chi connectivity index (χ2v) is 5.48. The number of carboxylic acids is 1. The van der Waals surface area contributed by atoms with E-state index in [0.717, 1.165) is 29.0 Å². The summed E-state index contributed by atoms with van der Waals surface area (Å²) in [5, 5.41) is 14.8. The summed E-state index contributed by atoms with van der Waals surface area (Å²) in [4.78, 5) is 15.0. The van der Waals surface area contributed by atoms with Crippen LogP contribution in [0.3, 0.4) is 0 Å². The normalized spacial score (nSPS) is 18.2. The van der Waals surface area contributed by atoms with Gasteiger partial charge in [-0.05, 0) is 35.2 Å². The average Bonchev–Trinajstić information content (AvgIpc) is 2.46. The fourth-order valence-corrected chi connectivity index (χ4v) is 3.04. The number of hydrogen-bond donors (Lipinski definition) is 2. The maximum Gasteiger partial charge on any atom is 0.305 e. The number of hydrogen-bond acceptors (Lipinski definition) is 4. The van der Waals surface area contributed by atoms with E-state index in [4.69, 9.17) is 5.11 Å². The molecule has 1 aliphatic rings. The Bertz CT molecular complexity index is 376. The Hall–Kier alpha value is -0.620. The number of thiazole rings is 1. The van der Waals surface area contributed by atoms with Gasteiger partial charge in [-0.2, -0.15) is 0 Å². The molecule has 0 spiro atoms. The first kappa shape index (κ1) is 10.9. The van der Waals surface area contributed by atoms with Gasteiger partial charge in [-0.3, -0.25) is 4.79 Å². The van der Waals surface area contributed by atoms with Crippen molar-refractivity contribution in [1.29, 1.82) is 0 Å². The van der Waals surface area contributed by atoms with E-state index >= 15 is 0 Å². The molecule has 1 fully saturated rings. The molecule has 0 aliphatic heterocycles. The van der Waals surface area contributed by atoms with Crippen LogP contribution in [-0.4, -0.2) is 21.6 Å². The minimum atomic E-state index is -0.752. The SMILES string of the molecule is O=C(O)CC1(Nc2nc(Br)cs2)CCC1. The summed E-state index contributed by atoms with van der Waals surface area (Å²) in [7, 11) is 0. The van der Waals surface area contributed by atoms with Gasteiger partial charge in [0.2, 0.25) is 0 Å². The van der Waals surface area contributed by atoms with Crippen LogP contribution in [-0.2, 0) is 4.79 Å². The minimum Gasteiger partial charge on any atom is -0.481 e. The highest BCUT2D eigenvalue weighted by Crippen LogP contribution is 2.39. The number of carboxylic acid groups (broad SMARTS) is 1. The van der Waals surface area contributed by atoms with Crippen molar-refractivity contribution in [2.45, 2.75) is 31.2 Å². The molecule has 2 N–H and O–H groups in total. The predicted molar refractivity (Wildman–Crippen MR) is 62.3 cm³/mol. The van der Waals surface area contributed by atoms with Crippen molar-refractivity contribution < 1.29 is 9.90 Å². The van der Waals surface area contributed by atoms with E-state index in [9.17, 15) is 4.79 Å². The molecule has 0 bridgehead atoms. The van der Waals surface area contributed by atoms with E-state index < -0.39 is 5.97 Å². The van der Waals surface area contributed by atoms with Crippen LogP contribution in [0.1, 0.15) is 25.7 Å². The molecule has 1 aromatic rings. The minimum absolute atomic E-state index is 0.171. The van der Waals surface area contributed by atoms with Gasteiger partial charge in [-0.1, -0.05) is 0 Å². The van der Waals surface area contributed by atoms with Crippen molar-refractivity contribution in [3.8, 4) is 0 Å². The lowest BCUT2D eigenvalue weighted by Crippen LogP contribution is -2.46. The number of rotatable bonds is 4. The lowest BCUT2D eigenvalue weighted by molar-refractivity contribution is -0.138. The van der Waals surface area contributed by atoms with Gasteiger partial charge in [-0.15, -0.1) is 11.3 Å². The van der Waals surface area contributed by atoms with Crippen molar-refractivity contribution in [2.75, 3.05) is 5.32 Å². The summed E-state index contributed by atoms with van der Waals surface area (Å²) in [6.45, 7) is 0. The van der Waals surface area contributed by atoms with E-state index in [2.05, 4.69) is 26.2 Å². The molecular weight excluding hydrogens is 280 g/mol. The van der Waals surface area contributed by atoms with E-state index in [1.165, 1.54) is 11.3 Å². The van der Waals surface area contributed by atoms with Crippen molar-refractivity contribution in [2.24, 2.45) is 0 Å². The zero-order valence-electron chi connectivity index (χ0n) is 7.99. The second kappa shape index (κ2) is 4.09. The molecule has 15 heavy (non-hydrogen) atoms. The number of carbonyl (C=O) groups is 1. The topological polar surface area (TPSA) is 62.2 Å². The number of nitrogens with zero attached hydrogens (tertiary/aromatic N) is 1. The third kappa shape index (κ3) is 2.49. The van der Waals surface area contributed by atoms with Gasteiger partial charge in [0.1, 0.15) is 4.60 Å². The van der Waals surface area contributed by atoms with Gasteiger partial charge in [0, 0.05) is 10.9 Å². The maximum atomic E-state index is 10.7. The van der Waals surface area contributed by atoms with Crippen LogP contribution in [0.15, 0.2) is 9.98 Å². The van der Waals surface area contributed by atoms with E-state index in [1.807, 2.05) is 5.38 Å². The average molecular weight is 291 g/mol. The summed E-state index contributed by atoms with van der Waals surface area (Å²) >= 11 is 4.76. The van der Waals surface area contributed by atoms with E-state index in [0.29, 0.717) is 0 Å². The van der Waals surface area contributed by atoms with Crippen LogP contribution < -0.4 is 5.32 Å². The van der Waals surface area contributed by atoms with Crippen molar-refractivity contribution in [1.82, 2.24) is 4.98 Å². The highest BCUT2D eigenvalue weighted by atomic mass is 79.9. The zero-order valence-corrected chi connectivity index (χ0v) is 10.4. The molecule has 0 radical (unpaired) electrons. The van der Waals surface area contributed by atoms with Crippen molar-refractivity contribution in [3.63, 3.8) is 0 Å².